The van der Waals surface area contributed by atoms with E-state index in [1.165, 1.54) is 11.3 Å². The van der Waals surface area contributed by atoms with Gasteiger partial charge in [0, 0.05) is 19.0 Å². The van der Waals surface area contributed by atoms with Crippen LogP contribution in [0.4, 0.5) is 4.39 Å². The van der Waals surface area contributed by atoms with Crippen molar-refractivity contribution in [2.75, 3.05) is 19.1 Å². The smallest absolute Gasteiger partial charge is 0.263 e. The van der Waals surface area contributed by atoms with Gasteiger partial charge in [-0.1, -0.05) is 17.8 Å². The summed E-state index contributed by atoms with van der Waals surface area (Å²) in [4.78, 5) is 26.1. The molecule has 1 aliphatic heterocycles. The molecule has 0 radical (unpaired) electrons. The molecule has 2 rings (SSSR count). The van der Waals surface area contributed by atoms with Crippen LogP contribution in [0.3, 0.4) is 0 Å². The molecule has 3 nitrogen and oxygen atoms in total. The molecule has 0 unspecified atom stereocenters. The van der Waals surface area contributed by atoms with Crippen LogP contribution in [-0.4, -0.2) is 35.0 Å². The van der Waals surface area contributed by atoms with Crippen LogP contribution in [0.2, 0.25) is 0 Å². The summed E-state index contributed by atoms with van der Waals surface area (Å²) in [5, 5.41) is 1.79. The molecule has 2 heterocycles. The lowest BCUT2D eigenvalue weighted by Gasteiger charge is -2.30. The summed E-state index contributed by atoms with van der Waals surface area (Å²) in [6.07, 6.45) is 1.28. The van der Waals surface area contributed by atoms with E-state index in [9.17, 15) is 14.0 Å². The molecular weight excluding hydrogens is 273 g/mol. The number of thioether (sulfide) groups is 1. The van der Waals surface area contributed by atoms with Crippen molar-refractivity contribution in [3.63, 3.8) is 0 Å². The van der Waals surface area contributed by atoms with E-state index in [1.807, 2.05) is 17.5 Å². The molecule has 0 N–H and O–H groups in total. The lowest BCUT2D eigenvalue weighted by molar-refractivity contribution is -0.115. The van der Waals surface area contributed by atoms with Crippen LogP contribution in [0.5, 0.6) is 0 Å². The van der Waals surface area contributed by atoms with Crippen molar-refractivity contribution in [3.05, 3.63) is 22.4 Å². The highest BCUT2D eigenvalue weighted by atomic mass is 32.2. The number of halogens is 1. The molecule has 0 spiro atoms. The number of hydrogen-bond acceptors (Lipinski definition) is 4. The zero-order valence-electron chi connectivity index (χ0n) is 9.80. The van der Waals surface area contributed by atoms with E-state index in [0.717, 1.165) is 16.6 Å². The van der Waals surface area contributed by atoms with Gasteiger partial charge in [0.2, 0.25) is 0 Å². The minimum absolute atomic E-state index is 0.0362. The second-order valence-corrected chi connectivity index (χ2v) is 5.97. The lowest BCUT2D eigenvalue weighted by Crippen LogP contribution is -2.39. The normalized spacial score (nSPS) is 16.8. The molecule has 0 atom stereocenters. The van der Waals surface area contributed by atoms with E-state index in [1.54, 1.807) is 4.90 Å². The van der Waals surface area contributed by atoms with Crippen molar-refractivity contribution >= 4 is 34.1 Å². The SMILES string of the molecule is O=C(SCF)C1CCN(C(=O)c2cccs2)CC1. The standard InChI is InChI=1S/C12H14FNO2S2/c13-8-18-12(16)9-3-5-14(6-4-9)11(15)10-2-1-7-17-10/h1-2,7,9H,3-6,8H2. The third kappa shape index (κ3) is 3.11. The van der Waals surface area contributed by atoms with Crippen LogP contribution >= 0.6 is 23.1 Å². The van der Waals surface area contributed by atoms with Crippen molar-refractivity contribution in [1.29, 1.82) is 0 Å². The van der Waals surface area contributed by atoms with Crippen LogP contribution < -0.4 is 0 Å². The molecule has 1 amide bonds. The number of carbonyl (C=O) groups is 2. The van der Waals surface area contributed by atoms with Crippen LogP contribution in [0.1, 0.15) is 22.5 Å². The first-order valence-electron chi connectivity index (χ1n) is 5.77. The van der Waals surface area contributed by atoms with Gasteiger partial charge >= 0.3 is 0 Å². The van der Waals surface area contributed by atoms with Gasteiger partial charge < -0.3 is 4.90 Å². The minimum atomic E-state index is -0.660. The summed E-state index contributed by atoms with van der Waals surface area (Å²) in [6, 6.07) is 3.00. The van der Waals surface area contributed by atoms with Crippen LogP contribution in [-0.2, 0) is 4.79 Å². The number of alkyl halides is 1. The Balaban J connectivity index is 1.87. The lowest BCUT2D eigenvalue weighted by atomic mass is 9.98. The topological polar surface area (TPSA) is 37.4 Å². The maximum atomic E-state index is 12.1. The van der Waals surface area contributed by atoms with Gasteiger partial charge in [0.05, 0.1) is 4.88 Å². The summed E-state index contributed by atoms with van der Waals surface area (Å²) >= 11 is 2.17. The number of piperidine rings is 1. The molecule has 1 saturated heterocycles. The summed E-state index contributed by atoms with van der Waals surface area (Å²) in [5.41, 5.74) is 0. The highest BCUT2D eigenvalue weighted by Crippen LogP contribution is 2.25. The van der Waals surface area contributed by atoms with Gasteiger partial charge in [0.15, 0.2) is 5.12 Å². The Hall–Kier alpha value is -0.880. The van der Waals surface area contributed by atoms with E-state index in [-0.39, 0.29) is 16.9 Å². The Morgan fingerprint density at radius 3 is 2.72 bits per heavy atom. The van der Waals surface area contributed by atoms with E-state index in [4.69, 9.17) is 0 Å². The van der Waals surface area contributed by atoms with E-state index < -0.39 is 6.01 Å². The van der Waals surface area contributed by atoms with Gasteiger partial charge in [-0.2, -0.15) is 0 Å². The first-order chi connectivity index (χ1) is 8.72. The fourth-order valence-corrected chi connectivity index (χ4v) is 3.32. The Morgan fingerprint density at radius 2 is 2.17 bits per heavy atom. The van der Waals surface area contributed by atoms with Crippen molar-refractivity contribution in [2.24, 2.45) is 5.92 Å². The number of nitrogens with zero attached hydrogens (tertiary/aromatic N) is 1. The van der Waals surface area contributed by atoms with E-state index in [0.29, 0.717) is 25.9 Å². The molecule has 0 bridgehead atoms. The zero-order valence-corrected chi connectivity index (χ0v) is 11.4. The molecule has 6 heteroatoms. The third-order valence-corrected chi connectivity index (χ3v) is 4.63. The van der Waals surface area contributed by atoms with Gasteiger partial charge in [-0.25, -0.2) is 4.39 Å². The molecule has 18 heavy (non-hydrogen) atoms. The Kier molecular flexibility index (Phi) is 4.77. The summed E-state index contributed by atoms with van der Waals surface area (Å²) in [6.45, 7) is 1.17. The van der Waals surface area contributed by atoms with Crippen molar-refractivity contribution in [2.45, 2.75) is 12.8 Å². The van der Waals surface area contributed by atoms with E-state index >= 15 is 0 Å². The molecule has 1 fully saturated rings. The van der Waals surface area contributed by atoms with Gasteiger partial charge in [0.25, 0.3) is 5.91 Å². The summed E-state index contributed by atoms with van der Waals surface area (Å²) in [7, 11) is 0. The maximum Gasteiger partial charge on any atom is 0.263 e. The highest BCUT2D eigenvalue weighted by Gasteiger charge is 2.28. The van der Waals surface area contributed by atoms with Gasteiger partial charge in [-0.05, 0) is 24.3 Å². The second kappa shape index (κ2) is 6.33. The van der Waals surface area contributed by atoms with E-state index in [2.05, 4.69) is 0 Å². The molecule has 98 valence electrons. The Morgan fingerprint density at radius 1 is 1.44 bits per heavy atom. The second-order valence-electron chi connectivity index (χ2n) is 4.12. The average Bonchev–Trinajstić information content (AvgIpc) is 2.92. The fourth-order valence-electron chi connectivity index (χ4n) is 2.05. The van der Waals surface area contributed by atoms with Crippen LogP contribution in [0.25, 0.3) is 0 Å². The largest absolute Gasteiger partial charge is 0.338 e. The predicted molar refractivity (Wildman–Crippen MR) is 71.5 cm³/mol. The monoisotopic (exact) mass is 287 g/mol. The molecule has 1 aromatic rings. The molecular formula is C12H14FNO2S2. The fraction of sp³-hybridized carbons (Fsp3) is 0.500. The van der Waals surface area contributed by atoms with Crippen molar-refractivity contribution in [1.82, 2.24) is 4.90 Å². The number of carbonyl (C=O) groups excluding carboxylic acids is 2. The van der Waals surface area contributed by atoms with Crippen LogP contribution in [0.15, 0.2) is 17.5 Å². The summed E-state index contributed by atoms with van der Waals surface area (Å²) < 4.78 is 12.1. The third-order valence-electron chi connectivity index (χ3n) is 3.04. The maximum absolute atomic E-state index is 12.1. The number of amides is 1. The number of rotatable bonds is 3. The molecule has 1 aliphatic rings. The Labute approximate surface area is 113 Å². The highest BCUT2D eigenvalue weighted by molar-refractivity contribution is 8.13. The number of hydrogen-bond donors (Lipinski definition) is 0. The van der Waals surface area contributed by atoms with Gasteiger partial charge in [-0.15, -0.1) is 11.3 Å². The summed E-state index contributed by atoms with van der Waals surface area (Å²) in [5.74, 6) is -0.0628. The molecule has 0 aliphatic carbocycles. The quantitative estimate of drug-likeness (QED) is 0.858. The first kappa shape index (κ1) is 13.5. The van der Waals surface area contributed by atoms with Crippen LogP contribution in [0, 0.1) is 5.92 Å². The van der Waals surface area contributed by atoms with Crippen molar-refractivity contribution in [3.8, 4) is 0 Å². The van der Waals surface area contributed by atoms with Gasteiger partial charge in [-0.3, -0.25) is 9.59 Å². The number of thiophene rings is 1. The average molecular weight is 287 g/mol. The molecule has 0 aromatic carbocycles. The minimum Gasteiger partial charge on any atom is -0.338 e. The molecule has 1 aromatic heterocycles. The zero-order chi connectivity index (χ0) is 13.0. The van der Waals surface area contributed by atoms with Gasteiger partial charge in [0.1, 0.15) is 6.01 Å². The Bertz CT molecular complexity index is 414. The number of likely N-dealkylation sites (tertiary alicyclic amines) is 1. The predicted octanol–water partition coefficient (Wildman–Crippen LogP) is 2.79. The first-order valence-corrected chi connectivity index (χ1v) is 7.64. The van der Waals surface area contributed by atoms with Crippen molar-refractivity contribution < 1.29 is 14.0 Å². The molecule has 0 saturated carbocycles.